The van der Waals surface area contributed by atoms with Crippen molar-refractivity contribution >= 4 is 5.97 Å². The molecule has 1 saturated carbocycles. The highest BCUT2D eigenvalue weighted by Gasteiger charge is 2.18. The molecule has 0 atom stereocenters. The van der Waals surface area contributed by atoms with Crippen LogP contribution in [-0.2, 0) is 19.0 Å². The van der Waals surface area contributed by atoms with Gasteiger partial charge in [0.2, 0.25) is 0 Å². The van der Waals surface area contributed by atoms with Crippen LogP contribution in [0.25, 0.3) is 0 Å². The van der Waals surface area contributed by atoms with Gasteiger partial charge in [-0.1, -0.05) is 0 Å². The molecule has 0 aromatic rings. The first-order valence-electron chi connectivity index (χ1n) is 5.09. The summed E-state index contributed by atoms with van der Waals surface area (Å²) in [7, 11) is 1.55. The van der Waals surface area contributed by atoms with Crippen LogP contribution < -0.4 is 0 Å². The van der Waals surface area contributed by atoms with Crippen LogP contribution in [0.15, 0.2) is 0 Å². The Morgan fingerprint density at radius 3 is 2.71 bits per heavy atom. The van der Waals surface area contributed by atoms with E-state index in [-0.39, 0.29) is 18.9 Å². The molecule has 82 valence electrons. The predicted octanol–water partition coefficient (Wildman–Crippen LogP) is 1.48. The third kappa shape index (κ3) is 4.58. The van der Waals surface area contributed by atoms with E-state index >= 15 is 0 Å². The van der Waals surface area contributed by atoms with Gasteiger partial charge in [-0.05, 0) is 25.7 Å². The van der Waals surface area contributed by atoms with Gasteiger partial charge in [-0.15, -0.1) is 0 Å². The first-order chi connectivity index (χ1) is 6.83. The van der Waals surface area contributed by atoms with Gasteiger partial charge in [-0.25, -0.2) is 0 Å². The summed E-state index contributed by atoms with van der Waals surface area (Å²) in [6.45, 7) is 0.607. The minimum absolute atomic E-state index is 0.157. The van der Waals surface area contributed by atoms with Crippen molar-refractivity contribution < 1.29 is 19.0 Å². The maximum Gasteiger partial charge on any atom is 0.308 e. The SMILES string of the molecule is COCOCCC(=O)OC1CCCC1. The first-order valence-corrected chi connectivity index (χ1v) is 5.09. The standard InChI is InChI=1S/C10H18O4/c1-12-8-13-7-6-10(11)14-9-4-2-3-5-9/h9H,2-8H2,1H3. The first kappa shape index (κ1) is 11.5. The number of esters is 1. The Labute approximate surface area is 84.5 Å². The lowest BCUT2D eigenvalue weighted by molar-refractivity contribution is -0.150. The van der Waals surface area contributed by atoms with Crippen LogP contribution in [0.2, 0.25) is 0 Å². The topological polar surface area (TPSA) is 44.8 Å². The molecule has 1 aliphatic carbocycles. The normalized spacial score (nSPS) is 17.2. The molecule has 4 nitrogen and oxygen atoms in total. The molecule has 0 spiro atoms. The molecule has 0 heterocycles. The fourth-order valence-corrected chi connectivity index (χ4v) is 1.55. The van der Waals surface area contributed by atoms with Crippen LogP contribution in [0.5, 0.6) is 0 Å². The Balaban J connectivity index is 1.98. The fraction of sp³-hybridized carbons (Fsp3) is 0.900. The van der Waals surface area contributed by atoms with Gasteiger partial charge in [0.1, 0.15) is 12.9 Å². The molecule has 0 saturated heterocycles. The quantitative estimate of drug-likeness (QED) is 0.372. The molecule has 0 bridgehead atoms. The van der Waals surface area contributed by atoms with Crippen LogP contribution in [0.4, 0.5) is 0 Å². The Hall–Kier alpha value is -0.610. The number of rotatable bonds is 6. The molecule has 0 aromatic heterocycles. The van der Waals surface area contributed by atoms with Crippen LogP contribution in [-0.4, -0.2) is 32.6 Å². The second-order valence-electron chi connectivity index (χ2n) is 3.46. The lowest BCUT2D eigenvalue weighted by Crippen LogP contribution is -2.16. The minimum atomic E-state index is -0.159. The second-order valence-corrected chi connectivity index (χ2v) is 3.46. The average Bonchev–Trinajstić information content (AvgIpc) is 2.65. The van der Waals surface area contributed by atoms with E-state index in [1.54, 1.807) is 7.11 Å². The van der Waals surface area contributed by atoms with Crippen molar-refractivity contribution in [1.29, 1.82) is 0 Å². The smallest absolute Gasteiger partial charge is 0.308 e. The van der Waals surface area contributed by atoms with Gasteiger partial charge in [-0.2, -0.15) is 0 Å². The Morgan fingerprint density at radius 2 is 2.07 bits per heavy atom. The van der Waals surface area contributed by atoms with Crippen molar-refractivity contribution in [2.75, 3.05) is 20.5 Å². The molecular weight excluding hydrogens is 184 g/mol. The maximum atomic E-state index is 11.2. The van der Waals surface area contributed by atoms with Crippen LogP contribution in [0, 0.1) is 0 Å². The van der Waals surface area contributed by atoms with E-state index in [0.29, 0.717) is 13.0 Å². The highest BCUT2D eigenvalue weighted by Crippen LogP contribution is 2.21. The van der Waals surface area contributed by atoms with Crippen molar-refractivity contribution in [2.24, 2.45) is 0 Å². The van der Waals surface area contributed by atoms with E-state index in [9.17, 15) is 4.79 Å². The molecule has 1 fully saturated rings. The van der Waals surface area contributed by atoms with Crippen molar-refractivity contribution in [1.82, 2.24) is 0 Å². The van der Waals surface area contributed by atoms with E-state index in [2.05, 4.69) is 4.74 Å². The highest BCUT2D eigenvalue weighted by atomic mass is 16.7. The summed E-state index contributed by atoms with van der Waals surface area (Å²) < 4.78 is 14.9. The van der Waals surface area contributed by atoms with Gasteiger partial charge in [0.25, 0.3) is 0 Å². The lowest BCUT2D eigenvalue weighted by Gasteiger charge is -2.10. The number of carbonyl (C=O) groups is 1. The molecule has 4 heteroatoms. The zero-order valence-electron chi connectivity index (χ0n) is 8.66. The number of carbonyl (C=O) groups excluding carboxylic acids is 1. The molecular formula is C10H18O4. The Kier molecular flexibility index (Phi) is 5.56. The summed E-state index contributed by atoms with van der Waals surface area (Å²) in [6, 6.07) is 0. The molecule has 0 aliphatic heterocycles. The van der Waals surface area contributed by atoms with E-state index in [1.807, 2.05) is 0 Å². The van der Waals surface area contributed by atoms with Crippen molar-refractivity contribution in [3.63, 3.8) is 0 Å². The van der Waals surface area contributed by atoms with Crippen molar-refractivity contribution in [3.05, 3.63) is 0 Å². The van der Waals surface area contributed by atoms with Crippen LogP contribution >= 0.6 is 0 Å². The van der Waals surface area contributed by atoms with Gasteiger partial charge >= 0.3 is 5.97 Å². The van der Waals surface area contributed by atoms with Gasteiger partial charge in [0.15, 0.2) is 0 Å². The average molecular weight is 202 g/mol. The predicted molar refractivity (Wildman–Crippen MR) is 50.8 cm³/mol. The maximum absolute atomic E-state index is 11.2. The van der Waals surface area contributed by atoms with Gasteiger partial charge in [-0.3, -0.25) is 4.79 Å². The monoisotopic (exact) mass is 202 g/mol. The summed E-state index contributed by atoms with van der Waals surface area (Å²) in [6.07, 6.45) is 4.87. The fourth-order valence-electron chi connectivity index (χ4n) is 1.55. The number of hydrogen-bond acceptors (Lipinski definition) is 4. The van der Waals surface area contributed by atoms with Crippen molar-refractivity contribution in [2.45, 2.75) is 38.2 Å². The zero-order valence-corrected chi connectivity index (χ0v) is 8.66. The zero-order chi connectivity index (χ0) is 10.2. The summed E-state index contributed by atoms with van der Waals surface area (Å²) in [5.41, 5.74) is 0. The van der Waals surface area contributed by atoms with Crippen molar-refractivity contribution in [3.8, 4) is 0 Å². The lowest BCUT2D eigenvalue weighted by atomic mass is 10.3. The molecule has 0 N–H and O–H groups in total. The number of methoxy groups -OCH3 is 1. The number of ether oxygens (including phenoxy) is 3. The van der Waals surface area contributed by atoms with E-state index < -0.39 is 0 Å². The van der Waals surface area contributed by atoms with E-state index in [1.165, 1.54) is 12.8 Å². The van der Waals surface area contributed by atoms with E-state index in [4.69, 9.17) is 9.47 Å². The highest BCUT2D eigenvalue weighted by molar-refractivity contribution is 5.69. The number of hydrogen-bond donors (Lipinski definition) is 0. The van der Waals surface area contributed by atoms with E-state index in [0.717, 1.165) is 12.8 Å². The molecule has 1 aliphatic rings. The van der Waals surface area contributed by atoms with Crippen LogP contribution in [0.3, 0.4) is 0 Å². The summed E-state index contributed by atoms with van der Waals surface area (Å²) >= 11 is 0. The molecule has 0 unspecified atom stereocenters. The molecule has 1 rings (SSSR count). The van der Waals surface area contributed by atoms with Gasteiger partial charge in [0, 0.05) is 7.11 Å². The third-order valence-electron chi connectivity index (χ3n) is 2.25. The summed E-state index contributed by atoms with van der Waals surface area (Å²) in [5, 5.41) is 0. The molecule has 14 heavy (non-hydrogen) atoms. The third-order valence-corrected chi connectivity index (χ3v) is 2.25. The molecule has 0 aromatic carbocycles. The van der Waals surface area contributed by atoms with Gasteiger partial charge < -0.3 is 14.2 Å². The summed E-state index contributed by atoms with van der Waals surface area (Å²) in [5.74, 6) is -0.159. The van der Waals surface area contributed by atoms with Crippen LogP contribution in [0.1, 0.15) is 32.1 Å². The second kappa shape index (κ2) is 6.79. The Bertz CT molecular complexity index is 164. The minimum Gasteiger partial charge on any atom is -0.462 e. The Morgan fingerprint density at radius 1 is 1.36 bits per heavy atom. The molecule has 0 amide bonds. The molecule has 0 radical (unpaired) electrons. The largest absolute Gasteiger partial charge is 0.462 e. The summed E-state index contributed by atoms with van der Waals surface area (Å²) in [4.78, 5) is 11.2. The van der Waals surface area contributed by atoms with Gasteiger partial charge in [0.05, 0.1) is 13.0 Å².